The summed E-state index contributed by atoms with van der Waals surface area (Å²) >= 11 is 0. The fraction of sp³-hybridized carbons (Fsp3) is 0. The van der Waals surface area contributed by atoms with Gasteiger partial charge in [-0.3, -0.25) is 4.98 Å². The van der Waals surface area contributed by atoms with E-state index in [2.05, 4.69) is 63.5 Å². The van der Waals surface area contributed by atoms with Crippen molar-refractivity contribution in [2.75, 3.05) is 0 Å². The zero-order valence-electron chi connectivity index (χ0n) is 11.3. The molecule has 100 valence electrons. The average Bonchev–Trinajstić information content (AvgIpc) is 3.00. The number of imidazole rings is 1. The number of aromatic nitrogens is 3. The smallest absolute Gasteiger partial charge is 0.138 e. The normalized spacial score (nSPS) is 10.9. The Morgan fingerprint density at radius 3 is 2.19 bits per heavy atom. The second-order valence-electron chi connectivity index (χ2n) is 4.92. The summed E-state index contributed by atoms with van der Waals surface area (Å²) in [6.07, 6.45) is 3.55. The summed E-state index contributed by atoms with van der Waals surface area (Å²) in [5.41, 5.74) is 5.40. The quantitative estimate of drug-likeness (QED) is 0.591. The molecule has 0 aliphatic rings. The van der Waals surface area contributed by atoms with Gasteiger partial charge in [0, 0.05) is 11.8 Å². The molecule has 0 saturated heterocycles. The van der Waals surface area contributed by atoms with Gasteiger partial charge in [0.1, 0.15) is 5.82 Å². The van der Waals surface area contributed by atoms with Crippen molar-refractivity contribution in [1.82, 2.24) is 15.0 Å². The van der Waals surface area contributed by atoms with E-state index in [4.69, 9.17) is 0 Å². The molecule has 0 spiro atoms. The molecule has 21 heavy (non-hydrogen) atoms. The van der Waals surface area contributed by atoms with Crippen LogP contribution in [0.25, 0.3) is 33.5 Å². The minimum atomic E-state index is 0.873. The summed E-state index contributed by atoms with van der Waals surface area (Å²) in [5, 5.41) is 0. The molecular formula is C18H13N3. The van der Waals surface area contributed by atoms with Crippen LogP contribution in [0.5, 0.6) is 0 Å². The maximum absolute atomic E-state index is 4.59. The fourth-order valence-electron chi connectivity index (χ4n) is 2.44. The lowest BCUT2D eigenvalue weighted by Gasteiger charge is -2.02. The lowest BCUT2D eigenvalue weighted by atomic mass is 10.0. The summed E-state index contributed by atoms with van der Waals surface area (Å²) < 4.78 is 0. The van der Waals surface area contributed by atoms with Gasteiger partial charge in [0.2, 0.25) is 0 Å². The Hall–Kier alpha value is -2.94. The van der Waals surface area contributed by atoms with Crippen molar-refractivity contribution in [2.45, 2.75) is 0 Å². The number of fused-ring (bicyclic) bond motifs is 1. The molecule has 3 heteroatoms. The number of nitrogens with zero attached hydrogens (tertiary/aromatic N) is 2. The average molecular weight is 271 g/mol. The molecule has 4 rings (SSSR count). The first-order chi connectivity index (χ1) is 10.4. The summed E-state index contributed by atoms with van der Waals surface area (Å²) in [4.78, 5) is 12.0. The zero-order valence-corrected chi connectivity index (χ0v) is 11.3. The van der Waals surface area contributed by atoms with E-state index in [0.717, 1.165) is 22.4 Å². The van der Waals surface area contributed by atoms with Crippen LogP contribution in [0.1, 0.15) is 0 Å². The maximum Gasteiger partial charge on any atom is 0.138 e. The second-order valence-corrected chi connectivity index (χ2v) is 4.92. The third kappa shape index (κ3) is 2.19. The molecule has 0 unspecified atom stereocenters. The summed E-state index contributed by atoms with van der Waals surface area (Å²) in [6, 6.07) is 20.7. The molecule has 2 aromatic carbocycles. The van der Waals surface area contributed by atoms with Crippen LogP contribution >= 0.6 is 0 Å². The predicted octanol–water partition coefficient (Wildman–Crippen LogP) is 4.29. The highest BCUT2D eigenvalue weighted by Crippen LogP contribution is 2.24. The molecule has 4 aromatic rings. The number of H-pyrrole nitrogens is 1. The van der Waals surface area contributed by atoms with Crippen LogP contribution in [0.3, 0.4) is 0 Å². The first-order valence-electron chi connectivity index (χ1n) is 6.86. The maximum atomic E-state index is 4.59. The van der Waals surface area contributed by atoms with Crippen molar-refractivity contribution < 1.29 is 0 Å². The molecule has 0 atom stereocenters. The minimum Gasteiger partial charge on any atom is -0.337 e. The van der Waals surface area contributed by atoms with Gasteiger partial charge in [-0.15, -0.1) is 0 Å². The zero-order chi connectivity index (χ0) is 14.1. The Labute approximate surface area is 122 Å². The summed E-state index contributed by atoms with van der Waals surface area (Å²) in [6.45, 7) is 0. The molecular weight excluding hydrogens is 258 g/mol. The molecule has 0 fully saturated rings. The van der Waals surface area contributed by atoms with Crippen molar-refractivity contribution >= 4 is 11.0 Å². The Bertz CT molecular complexity index is 844. The Balaban J connectivity index is 1.73. The van der Waals surface area contributed by atoms with Crippen LogP contribution in [0.4, 0.5) is 0 Å². The van der Waals surface area contributed by atoms with Gasteiger partial charge in [0.15, 0.2) is 0 Å². The van der Waals surface area contributed by atoms with Crippen LogP contribution in [-0.2, 0) is 0 Å². The van der Waals surface area contributed by atoms with Crippen LogP contribution in [0, 0.1) is 0 Å². The summed E-state index contributed by atoms with van der Waals surface area (Å²) in [5.74, 6) is 0.873. The lowest BCUT2D eigenvalue weighted by Crippen LogP contribution is -1.81. The van der Waals surface area contributed by atoms with Gasteiger partial charge in [-0.05, 0) is 17.2 Å². The third-order valence-corrected chi connectivity index (χ3v) is 3.55. The summed E-state index contributed by atoms with van der Waals surface area (Å²) in [7, 11) is 0. The number of pyridine rings is 1. The number of rotatable bonds is 2. The molecule has 2 aromatic heterocycles. The first kappa shape index (κ1) is 11.9. The van der Waals surface area contributed by atoms with Crippen LogP contribution < -0.4 is 0 Å². The SMILES string of the molecule is c1ccc(-c2ccc(-c3nc4ccncc4[nH]3)cc2)cc1. The van der Waals surface area contributed by atoms with E-state index < -0.39 is 0 Å². The van der Waals surface area contributed by atoms with E-state index in [1.165, 1.54) is 11.1 Å². The second kappa shape index (κ2) is 4.87. The number of benzene rings is 2. The fourth-order valence-corrected chi connectivity index (χ4v) is 2.44. The lowest BCUT2D eigenvalue weighted by molar-refractivity contribution is 1.33. The van der Waals surface area contributed by atoms with Gasteiger partial charge in [0.25, 0.3) is 0 Å². The highest BCUT2D eigenvalue weighted by Gasteiger charge is 2.05. The van der Waals surface area contributed by atoms with Crippen molar-refractivity contribution in [2.24, 2.45) is 0 Å². The first-order valence-corrected chi connectivity index (χ1v) is 6.86. The minimum absolute atomic E-state index is 0.873. The highest BCUT2D eigenvalue weighted by atomic mass is 14.9. The van der Waals surface area contributed by atoms with Crippen LogP contribution in [-0.4, -0.2) is 15.0 Å². The molecule has 0 aliphatic heterocycles. The van der Waals surface area contributed by atoms with Gasteiger partial charge in [-0.2, -0.15) is 0 Å². The molecule has 0 bridgehead atoms. The Morgan fingerprint density at radius 2 is 1.43 bits per heavy atom. The van der Waals surface area contributed by atoms with E-state index in [-0.39, 0.29) is 0 Å². The van der Waals surface area contributed by atoms with Gasteiger partial charge in [-0.1, -0.05) is 54.6 Å². The van der Waals surface area contributed by atoms with E-state index in [9.17, 15) is 0 Å². The van der Waals surface area contributed by atoms with Gasteiger partial charge >= 0.3 is 0 Å². The van der Waals surface area contributed by atoms with E-state index in [1.54, 1.807) is 12.4 Å². The van der Waals surface area contributed by atoms with E-state index >= 15 is 0 Å². The largest absolute Gasteiger partial charge is 0.337 e. The standard InChI is InChI=1S/C18H13N3/c1-2-4-13(5-3-1)14-6-8-15(9-7-14)18-20-16-10-11-19-12-17(16)21-18/h1-12H,(H,20,21). The van der Waals surface area contributed by atoms with E-state index in [1.807, 2.05) is 12.1 Å². The Kier molecular flexibility index (Phi) is 2.75. The van der Waals surface area contributed by atoms with Crippen molar-refractivity contribution in [3.05, 3.63) is 73.1 Å². The topological polar surface area (TPSA) is 41.6 Å². The Morgan fingerprint density at radius 1 is 0.714 bits per heavy atom. The molecule has 0 radical (unpaired) electrons. The number of nitrogens with one attached hydrogen (secondary N) is 1. The molecule has 0 amide bonds. The van der Waals surface area contributed by atoms with Gasteiger partial charge in [-0.25, -0.2) is 4.98 Å². The molecule has 0 aliphatic carbocycles. The van der Waals surface area contributed by atoms with E-state index in [0.29, 0.717) is 0 Å². The molecule has 3 nitrogen and oxygen atoms in total. The number of hydrogen-bond donors (Lipinski definition) is 1. The van der Waals surface area contributed by atoms with Crippen LogP contribution in [0.15, 0.2) is 73.1 Å². The number of hydrogen-bond acceptors (Lipinski definition) is 2. The molecule has 1 N–H and O–H groups in total. The molecule has 2 heterocycles. The third-order valence-electron chi connectivity index (χ3n) is 3.55. The van der Waals surface area contributed by atoms with Gasteiger partial charge in [0.05, 0.1) is 17.2 Å². The highest BCUT2D eigenvalue weighted by molar-refractivity contribution is 5.78. The monoisotopic (exact) mass is 271 g/mol. The van der Waals surface area contributed by atoms with Crippen molar-refractivity contribution in [3.63, 3.8) is 0 Å². The van der Waals surface area contributed by atoms with Crippen molar-refractivity contribution in [3.8, 4) is 22.5 Å². The van der Waals surface area contributed by atoms with Gasteiger partial charge < -0.3 is 4.98 Å². The van der Waals surface area contributed by atoms with Crippen molar-refractivity contribution in [1.29, 1.82) is 0 Å². The predicted molar refractivity (Wildman–Crippen MR) is 84.8 cm³/mol. The van der Waals surface area contributed by atoms with Crippen LogP contribution in [0.2, 0.25) is 0 Å². The molecule has 0 saturated carbocycles. The number of aromatic amines is 1.